The van der Waals surface area contributed by atoms with Gasteiger partial charge in [-0.15, -0.1) is 0 Å². The van der Waals surface area contributed by atoms with Gasteiger partial charge in [-0.3, -0.25) is 0 Å². The topological polar surface area (TPSA) is 0 Å². The van der Waals surface area contributed by atoms with Gasteiger partial charge in [0.25, 0.3) is 0 Å². The minimum absolute atomic E-state index is 0.0318. The van der Waals surface area contributed by atoms with Gasteiger partial charge < -0.3 is 0 Å². The van der Waals surface area contributed by atoms with Crippen molar-refractivity contribution in [3.8, 4) is 11.1 Å². The second-order valence-corrected chi connectivity index (χ2v) is 49.1. The molecule has 0 fully saturated rings. The molecule has 2 aromatic carbocycles. The zero-order valence-electron chi connectivity index (χ0n) is 23.2. The van der Waals surface area contributed by atoms with E-state index >= 15 is 3.50 Å². The Balaban J connectivity index is 2.51. The molecular formula is C27H47FGeSi4. The van der Waals surface area contributed by atoms with E-state index in [-0.39, 0.29) is 4.75 Å². The van der Waals surface area contributed by atoms with Crippen LogP contribution in [-0.4, -0.2) is 46.0 Å². The van der Waals surface area contributed by atoms with Crippen molar-refractivity contribution in [3.05, 3.63) is 59.7 Å². The number of hydrogen-bond donors (Lipinski definition) is 0. The summed E-state index contributed by atoms with van der Waals surface area (Å²) in [5.74, 6) is 0. The van der Waals surface area contributed by atoms with Gasteiger partial charge >= 0.3 is 212 Å². The van der Waals surface area contributed by atoms with Crippen LogP contribution in [0.15, 0.2) is 48.5 Å². The predicted octanol–water partition coefficient (Wildman–Crippen LogP) is 9.50. The molecule has 0 saturated carbocycles. The van der Waals surface area contributed by atoms with Crippen LogP contribution in [0, 0.1) is 0 Å². The summed E-state index contributed by atoms with van der Waals surface area (Å²) in [6.45, 7) is 29.9. The molecule has 0 saturated heterocycles. The molecule has 0 spiro atoms. The average molecular weight is 576 g/mol. The zero-order chi connectivity index (χ0) is 25.2. The summed E-state index contributed by atoms with van der Waals surface area (Å²) in [5, 5.41) is 0. The van der Waals surface area contributed by atoms with E-state index < -0.39 is 46.0 Å². The molecule has 6 heteroatoms. The summed E-state index contributed by atoms with van der Waals surface area (Å²) in [5.41, 5.74) is 5.26. The molecule has 0 bridgehead atoms. The fourth-order valence-corrected chi connectivity index (χ4v) is 83.4. The molecule has 0 heterocycles. The number of fused-ring (bicyclic) bond motifs is 3. The maximum absolute atomic E-state index is 19.5. The Labute approximate surface area is 210 Å². The van der Waals surface area contributed by atoms with E-state index in [1.54, 1.807) is 0 Å². The fraction of sp³-hybridized carbons (Fsp3) is 0.556. The van der Waals surface area contributed by atoms with Crippen LogP contribution in [0.4, 0.5) is 3.50 Å². The zero-order valence-corrected chi connectivity index (χ0v) is 29.3. The Morgan fingerprint density at radius 2 is 0.818 bits per heavy atom. The first-order chi connectivity index (χ1) is 14.8. The van der Waals surface area contributed by atoms with Crippen molar-refractivity contribution in [2.75, 3.05) is 0 Å². The van der Waals surface area contributed by atoms with Gasteiger partial charge in [0, 0.05) is 0 Å². The maximum atomic E-state index is 19.5. The fourth-order valence-electron chi connectivity index (χ4n) is 8.38. The van der Waals surface area contributed by atoms with Crippen LogP contribution in [0.5, 0.6) is 0 Å². The summed E-state index contributed by atoms with van der Waals surface area (Å²) in [4.78, 5) is 0. The summed E-state index contributed by atoms with van der Waals surface area (Å²) in [6.07, 6.45) is 0. The van der Waals surface area contributed by atoms with E-state index in [9.17, 15) is 0 Å². The van der Waals surface area contributed by atoms with E-state index in [0.717, 1.165) is 0 Å². The van der Waals surface area contributed by atoms with Crippen molar-refractivity contribution in [2.45, 2.75) is 91.3 Å². The SMILES string of the molecule is C[Si](C)(C)[CH]([Si](C)(C)C)[Ge]([F])([CH]1c2ccccc2-c2ccccc21)[CH]([Si](C)(C)C)[Si](C)(C)C. The molecule has 3 rings (SSSR count). The Bertz CT molecular complexity index is 903. The van der Waals surface area contributed by atoms with E-state index in [1.165, 1.54) is 22.3 Å². The van der Waals surface area contributed by atoms with E-state index in [0.29, 0.717) is 7.99 Å². The van der Waals surface area contributed by atoms with Crippen LogP contribution >= 0.6 is 0 Å². The monoisotopic (exact) mass is 576 g/mol. The van der Waals surface area contributed by atoms with Crippen LogP contribution in [0.3, 0.4) is 0 Å². The Morgan fingerprint density at radius 3 is 1.09 bits per heavy atom. The van der Waals surface area contributed by atoms with Crippen LogP contribution in [0.1, 0.15) is 15.9 Å². The minimum atomic E-state index is -4.13. The molecule has 0 radical (unpaired) electrons. The Morgan fingerprint density at radius 1 is 0.545 bits per heavy atom. The molecule has 0 aliphatic heterocycles. The van der Waals surface area contributed by atoms with Crippen LogP contribution in [0.25, 0.3) is 11.1 Å². The van der Waals surface area contributed by atoms with Gasteiger partial charge in [0.1, 0.15) is 0 Å². The molecule has 0 atom stereocenters. The molecule has 0 aromatic heterocycles. The molecule has 1 aliphatic rings. The number of benzene rings is 2. The molecule has 0 unspecified atom stereocenters. The van der Waals surface area contributed by atoms with Crippen molar-refractivity contribution < 1.29 is 3.50 Å². The summed E-state index contributed by atoms with van der Waals surface area (Å²) >= 11 is -4.13. The van der Waals surface area contributed by atoms with Crippen LogP contribution < -0.4 is 0 Å². The van der Waals surface area contributed by atoms with Gasteiger partial charge in [0.05, 0.1) is 0 Å². The van der Waals surface area contributed by atoms with Gasteiger partial charge in [0.15, 0.2) is 0 Å². The third-order valence-electron chi connectivity index (χ3n) is 7.63. The number of hydrogen-bond acceptors (Lipinski definition) is 0. The van der Waals surface area contributed by atoms with Gasteiger partial charge in [-0.05, 0) is 0 Å². The quantitative estimate of drug-likeness (QED) is 0.289. The van der Waals surface area contributed by atoms with Crippen molar-refractivity contribution in [1.29, 1.82) is 0 Å². The molecule has 2 aromatic rings. The van der Waals surface area contributed by atoms with Crippen molar-refractivity contribution in [1.82, 2.24) is 0 Å². The van der Waals surface area contributed by atoms with Crippen molar-refractivity contribution >= 4 is 46.0 Å². The Kier molecular flexibility index (Phi) is 7.23. The van der Waals surface area contributed by atoms with Gasteiger partial charge in [-0.2, -0.15) is 0 Å². The summed E-state index contributed by atoms with van der Waals surface area (Å²) < 4.78 is 20.3. The van der Waals surface area contributed by atoms with E-state index in [4.69, 9.17) is 0 Å². The standard InChI is InChI=1S/C27H47FGeSi4/c1-30(2,3)26(31(4,5)6)29(28,27(32(7,8)9)33(10,11)12)25-23-19-15-13-17-21(23)22-18-14-16-20-24(22)25/h13-20,25-27H,1-12H3. The third-order valence-corrected chi connectivity index (χ3v) is 62.8. The second kappa shape index (κ2) is 8.71. The van der Waals surface area contributed by atoms with E-state index in [1.807, 2.05) is 0 Å². The van der Waals surface area contributed by atoms with Crippen LogP contribution in [0.2, 0.25) is 86.6 Å². The first-order valence-corrected chi connectivity index (χ1v) is 31.4. The van der Waals surface area contributed by atoms with Crippen molar-refractivity contribution in [3.63, 3.8) is 0 Å². The molecule has 0 N–H and O–H groups in total. The summed E-state index contributed by atoms with van der Waals surface area (Å²) in [6, 6.07) is 17.7. The molecule has 1 aliphatic carbocycles. The van der Waals surface area contributed by atoms with Gasteiger partial charge in [-0.25, -0.2) is 0 Å². The van der Waals surface area contributed by atoms with E-state index in [2.05, 4.69) is 127 Å². The molecule has 0 amide bonds. The second-order valence-electron chi connectivity index (χ2n) is 14.8. The first kappa shape index (κ1) is 27.4. The van der Waals surface area contributed by atoms with Crippen molar-refractivity contribution in [2.24, 2.45) is 0 Å². The average Bonchev–Trinajstić information content (AvgIpc) is 2.91. The van der Waals surface area contributed by atoms with Crippen LogP contribution in [-0.2, 0) is 0 Å². The number of rotatable bonds is 7. The normalized spacial score (nSPS) is 15.8. The molecule has 182 valence electrons. The first-order valence-electron chi connectivity index (χ1n) is 12.7. The van der Waals surface area contributed by atoms with Gasteiger partial charge in [0.2, 0.25) is 0 Å². The molecule has 0 nitrogen and oxygen atoms in total. The third kappa shape index (κ3) is 4.91. The molecule has 33 heavy (non-hydrogen) atoms. The number of halogens is 1. The summed E-state index contributed by atoms with van der Waals surface area (Å²) in [7, 11) is -7.09. The Hall–Kier alpha value is -0.220. The molecular weight excluding hydrogens is 528 g/mol. The predicted molar refractivity (Wildman–Crippen MR) is 161 cm³/mol. The van der Waals surface area contributed by atoms with Gasteiger partial charge in [-0.1, -0.05) is 0 Å².